The summed E-state index contributed by atoms with van der Waals surface area (Å²) in [4.78, 5) is 20.1. The Kier molecular flexibility index (Phi) is 3.21. The summed E-state index contributed by atoms with van der Waals surface area (Å²) < 4.78 is 35.7. The molecule has 0 aliphatic rings. The van der Waals surface area contributed by atoms with Crippen LogP contribution in [0.5, 0.6) is 0 Å². The number of hydrogen-bond acceptors (Lipinski definition) is 4. The molecular weight excluding hydrogens is 243 g/mol. The van der Waals surface area contributed by atoms with Gasteiger partial charge in [0, 0.05) is 11.8 Å². The third-order valence-electron chi connectivity index (χ3n) is 1.74. The van der Waals surface area contributed by atoms with E-state index in [-0.39, 0.29) is 11.4 Å². The van der Waals surface area contributed by atoms with E-state index in [0.717, 1.165) is 18.2 Å². The normalized spacial score (nSPS) is 11.0. The Bertz CT molecular complexity index is 473. The highest BCUT2D eigenvalue weighted by Gasteiger charge is 2.38. The van der Waals surface area contributed by atoms with Gasteiger partial charge in [0.1, 0.15) is 5.69 Å². The van der Waals surface area contributed by atoms with Crippen molar-refractivity contribution in [2.45, 2.75) is 6.18 Å². The van der Waals surface area contributed by atoms with Crippen LogP contribution in [0.4, 0.5) is 30.2 Å². The van der Waals surface area contributed by atoms with E-state index in [4.69, 9.17) is 5.73 Å². The highest BCUT2D eigenvalue weighted by atomic mass is 19.4. The number of nitro groups is 1. The maximum absolute atomic E-state index is 11.9. The minimum atomic E-state index is -5.06. The third-order valence-corrected chi connectivity index (χ3v) is 1.74. The van der Waals surface area contributed by atoms with E-state index in [0.29, 0.717) is 0 Å². The Hall–Kier alpha value is -2.32. The summed E-state index contributed by atoms with van der Waals surface area (Å²) in [6.45, 7) is 0. The molecule has 1 aromatic carbocycles. The predicted octanol–water partition coefficient (Wildman–Crippen LogP) is 1.68. The van der Waals surface area contributed by atoms with Gasteiger partial charge in [0.15, 0.2) is 0 Å². The monoisotopic (exact) mass is 249 g/mol. The maximum atomic E-state index is 11.9. The molecule has 92 valence electrons. The number of anilines is 2. The number of nitro benzene ring substituents is 1. The van der Waals surface area contributed by atoms with Crippen molar-refractivity contribution in [2.75, 3.05) is 11.1 Å². The number of rotatable bonds is 2. The van der Waals surface area contributed by atoms with E-state index in [9.17, 15) is 28.1 Å². The molecule has 0 radical (unpaired) electrons. The van der Waals surface area contributed by atoms with E-state index in [2.05, 4.69) is 0 Å². The number of nitrogens with two attached hydrogens (primary N) is 1. The van der Waals surface area contributed by atoms with Gasteiger partial charge in [0.05, 0.1) is 4.92 Å². The number of amides is 1. The van der Waals surface area contributed by atoms with Gasteiger partial charge < -0.3 is 11.1 Å². The lowest BCUT2D eigenvalue weighted by molar-refractivity contribution is -0.383. The minimum absolute atomic E-state index is 0.208. The van der Waals surface area contributed by atoms with Crippen molar-refractivity contribution >= 4 is 23.0 Å². The standard InChI is InChI=1S/C8H6F3N3O3/c9-8(10,11)7(15)13-4-1-2-5(12)6(3-4)14(16)17/h1-3H,12H2,(H,13,15). The van der Waals surface area contributed by atoms with Gasteiger partial charge in [0.2, 0.25) is 0 Å². The molecule has 0 saturated carbocycles. The molecule has 1 aromatic rings. The number of halogens is 3. The van der Waals surface area contributed by atoms with Crippen LogP contribution in [-0.4, -0.2) is 17.0 Å². The average Bonchev–Trinajstić information content (AvgIpc) is 2.19. The summed E-state index contributed by atoms with van der Waals surface area (Å²) in [7, 11) is 0. The summed E-state index contributed by atoms with van der Waals surface area (Å²) >= 11 is 0. The third kappa shape index (κ3) is 3.06. The highest BCUT2D eigenvalue weighted by molar-refractivity contribution is 5.95. The summed E-state index contributed by atoms with van der Waals surface area (Å²) in [5.41, 5.74) is 4.09. The van der Waals surface area contributed by atoms with Crippen LogP contribution in [0.1, 0.15) is 0 Å². The van der Waals surface area contributed by atoms with Gasteiger partial charge in [-0.1, -0.05) is 0 Å². The second kappa shape index (κ2) is 4.28. The van der Waals surface area contributed by atoms with Crippen LogP contribution in [0.3, 0.4) is 0 Å². The molecule has 0 spiro atoms. The molecule has 0 bridgehead atoms. The Morgan fingerprint density at radius 2 is 2.00 bits per heavy atom. The van der Waals surface area contributed by atoms with Crippen LogP contribution in [0, 0.1) is 10.1 Å². The van der Waals surface area contributed by atoms with Crippen molar-refractivity contribution in [3.63, 3.8) is 0 Å². The lowest BCUT2D eigenvalue weighted by Gasteiger charge is -2.08. The molecule has 17 heavy (non-hydrogen) atoms. The maximum Gasteiger partial charge on any atom is 0.471 e. The van der Waals surface area contributed by atoms with Gasteiger partial charge in [-0.05, 0) is 12.1 Å². The van der Waals surface area contributed by atoms with E-state index in [1.807, 2.05) is 0 Å². The highest BCUT2D eigenvalue weighted by Crippen LogP contribution is 2.26. The molecule has 0 unspecified atom stereocenters. The van der Waals surface area contributed by atoms with E-state index >= 15 is 0 Å². The van der Waals surface area contributed by atoms with Crippen molar-refractivity contribution in [3.05, 3.63) is 28.3 Å². The average molecular weight is 249 g/mol. The minimum Gasteiger partial charge on any atom is -0.393 e. The Labute approximate surface area is 92.4 Å². The Balaban J connectivity index is 2.98. The van der Waals surface area contributed by atoms with Crippen LogP contribution in [0.2, 0.25) is 0 Å². The molecule has 6 nitrogen and oxygen atoms in total. The SMILES string of the molecule is Nc1ccc(NC(=O)C(F)(F)F)cc1[N+](=O)[O-]. The number of carbonyl (C=O) groups is 1. The molecule has 0 atom stereocenters. The van der Waals surface area contributed by atoms with Gasteiger partial charge in [0.25, 0.3) is 5.69 Å². The zero-order valence-electron chi connectivity index (χ0n) is 8.12. The van der Waals surface area contributed by atoms with Crippen molar-refractivity contribution < 1.29 is 22.9 Å². The molecule has 0 fully saturated rings. The van der Waals surface area contributed by atoms with Crippen LogP contribution in [0.25, 0.3) is 0 Å². The number of carbonyl (C=O) groups excluding carboxylic acids is 1. The number of nitrogen functional groups attached to an aromatic ring is 1. The largest absolute Gasteiger partial charge is 0.471 e. The van der Waals surface area contributed by atoms with Crippen molar-refractivity contribution in [2.24, 2.45) is 0 Å². The smallest absolute Gasteiger partial charge is 0.393 e. The van der Waals surface area contributed by atoms with Gasteiger partial charge in [-0.25, -0.2) is 0 Å². The molecule has 1 amide bonds. The van der Waals surface area contributed by atoms with Gasteiger partial charge in [-0.15, -0.1) is 0 Å². The number of nitrogens with one attached hydrogen (secondary N) is 1. The van der Waals surface area contributed by atoms with Crippen LogP contribution < -0.4 is 11.1 Å². The van der Waals surface area contributed by atoms with E-state index in [1.54, 1.807) is 0 Å². The Morgan fingerprint density at radius 1 is 1.41 bits per heavy atom. The first kappa shape index (κ1) is 12.7. The summed E-state index contributed by atoms with van der Waals surface area (Å²) in [6, 6.07) is 2.81. The summed E-state index contributed by atoms with van der Waals surface area (Å²) in [5.74, 6) is -2.21. The van der Waals surface area contributed by atoms with Gasteiger partial charge in [-0.2, -0.15) is 13.2 Å². The zero-order valence-corrected chi connectivity index (χ0v) is 8.12. The van der Waals surface area contributed by atoms with Gasteiger partial charge in [-0.3, -0.25) is 14.9 Å². The molecule has 0 heterocycles. The molecule has 0 aliphatic heterocycles. The number of nitrogens with zero attached hydrogens (tertiary/aromatic N) is 1. The number of alkyl halides is 3. The molecule has 0 aliphatic carbocycles. The first-order chi connectivity index (χ1) is 7.71. The van der Waals surface area contributed by atoms with Crippen LogP contribution in [-0.2, 0) is 4.79 Å². The van der Waals surface area contributed by atoms with E-state index in [1.165, 1.54) is 5.32 Å². The summed E-state index contributed by atoms with van der Waals surface area (Å²) in [5, 5.41) is 11.9. The molecular formula is C8H6F3N3O3. The van der Waals surface area contributed by atoms with E-state index < -0.39 is 22.7 Å². The fourth-order valence-electron chi connectivity index (χ4n) is 0.982. The fraction of sp³-hybridized carbons (Fsp3) is 0.125. The van der Waals surface area contributed by atoms with Crippen molar-refractivity contribution in [3.8, 4) is 0 Å². The van der Waals surface area contributed by atoms with Crippen LogP contribution >= 0.6 is 0 Å². The quantitative estimate of drug-likeness (QED) is 0.473. The molecule has 0 saturated heterocycles. The lowest BCUT2D eigenvalue weighted by atomic mass is 10.2. The topological polar surface area (TPSA) is 98.3 Å². The number of benzene rings is 1. The molecule has 0 aromatic heterocycles. The lowest BCUT2D eigenvalue weighted by Crippen LogP contribution is -2.29. The van der Waals surface area contributed by atoms with Crippen molar-refractivity contribution in [1.82, 2.24) is 0 Å². The second-order valence-corrected chi connectivity index (χ2v) is 2.98. The first-order valence-corrected chi connectivity index (χ1v) is 4.14. The van der Waals surface area contributed by atoms with Crippen LogP contribution in [0.15, 0.2) is 18.2 Å². The van der Waals surface area contributed by atoms with Crippen molar-refractivity contribution in [1.29, 1.82) is 0 Å². The molecule has 3 N–H and O–H groups in total. The zero-order chi connectivity index (χ0) is 13.2. The van der Waals surface area contributed by atoms with Gasteiger partial charge >= 0.3 is 12.1 Å². The predicted molar refractivity (Wildman–Crippen MR) is 52.2 cm³/mol. The Morgan fingerprint density at radius 3 is 2.47 bits per heavy atom. The first-order valence-electron chi connectivity index (χ1n) is 4.14. The molecule has 1 rings (SSSR count). The summed E-state index contributed by atoms with van der Waals surface area (Å²) in [6.07, 6.45) is -5.06. The fourth-order valence-corrected chi connectivity index (χ4v) is 0.982. The number of hydrogen-bond donors (Lipinski definition) is 2. The molecule has 9 heteroatoms. The second-order valence-electron chi connectivity index (χ2n) is 2.98.